The Labute approximate surface area is 226 Å². The van der Waals surface area contributed by atoms with Gasteiger partial charge in [-0.3, -0.25) is 0 Å². The number of halogens is 4. The second-order valence-electron chi connectivity index (χ2n) is 6.25. The average Bonchev–Trinajstić information content (AvgIpc) is 2.71. The first-order valence-electron chi connectivity index (χ1n) is 10.8. The zero-order valence-corrected chi connectivity index (χ0v) is 29.4. The first-order valence-corrected chi connectivity index (χ1v) is 25.8. The molecule has 8 heteroatoms. The van der Waals surface area contributed by atoms with Gasteiger partial charge >= 0.3 is 70.6 Å². The Kier molecular flexibility index (Phi) is 70.4. The van der Waals surface area contributed by atoms with Gasteiger partial charge in [0.25, 0.3) is 0 Å². The molecule has 0 aromatic carbocycles. The van der Waals surface area contributed by atoms with E-state index >= 15 is 0 Å². The molecule has 0 aromatic rings. The third-order valence-electron chi connectivity index (χ3n) is 3.41. The van der Waals surface area contributed by atoms with E-state index in [0.29, 0.717) is 15.8 Å². The second-order valence-corrected chi connectivity index (χ2v) is 18.2. The third-order valence-corrected chi connectivity index (χ3v) is 9.88. The van der Waals surface area contributed by atoms with Crippen molar-refractivity contribution in [2.75, 3.05) is 37.0 Å². The van der Waals surface area contributed by atoms with Crippen molar-refractivity contribution in [3.8, 4) is 0 Å². The van der Waals surface area contributed by atoms with Crippen LogP contribution in [0.4, 0.5) is 0 Å². The van der Waals surface area contributed by atoms with Gasteiger partial charge in [-0.15, -0.1) is 15.8 Å². The van der Waals surface area contributed by atoms with Crippen LogP contribution >= 0.6 is 53.5 Å². The monoisotopic (exact) mass is 904 g/mol. The summed E-state index contributed by atoms with van der Waals surface area (Å²) in [4.78, 5) is 0. The molecule has 194 valence electrons. The van der Waals surface area contributed by atoms with E-state index in [2.05, 4.69) is 54.7 Å². The van der Waals surface area contributed by atoms with E-state index in [1.807, 2.05) is 0 Å². The molecule has 0 aromatic heterocycles. The average molecular weight is 907 g/mol. The standard InChI is InChI=1S/2C9H21P.C4H6.4ClH.2Pt/c2*1-4-7-10(8-5-2)9-6-3;1-3-4-2;;;;;;/h2*4-9H2,1-3H3;3-4H,1-2H2;4*1H;;/q;;;;;;;2*+2/p-4. The van der Waals surface area contributed by atoms with Crippen LogP contribution in [0.25, 0.3) is 0 Å². The van der Waals surface area contributed by atoms with Crippen molar-refractivity contribution in [3.63, 3.8) is 0 Å². The van der Waals surface area contributed by atoms with E-state index in [1.54, 1.807) is 12.2 Å². The summed E-state index contributed by atoms with van der Waals surface area (Å²) in [6.45, 7) is 20.6. The first-order chi connectivity index (χ1) is 14.4. The van der Waals surface area contributed by atoms with E-state index in [4.69, 9.17) is 37.7 Å². The van der Waals surface area contributed by atoms with Crippen LogP contribution in [0.3, 0.4) is 0 Å². The maximum absolute atomic E-state index is 4.88. The van der Waals surface area contributed by atoms with Gasteiger partial charge in [0.05, 0.1) is 0 Å². The molecule has 0 amide bonds. The number of allylic oxidation sites excluding steroid dienone is 2. The van der Waals surface area contributed by atoms with Crippen molar-refractivity contribution in [2.45, 2.75) is 80.1 Å². The molecule has 0 aliphatic heterocycles. The van der Waals surface area contributed by atoms with Gasteiger partial charge in [0.1, 0.15) is 0 Å². The third kappa shape index (κ3) is 57.6. The predicted molar refractivity (Wildman–Crippen MR) is 149 cm³/mol. The van der Waals surface area contributed by atoms with Gasteiger partial charge in [0, 0.05) is 0 Å². The van der Waals surface area contributed by atoms with E-state index in [-0.39, 0.29) is 0 Å². The van der Waals surface area contributed by atoms with Crippen LogP contribution in [0, 0.1) is 0 Å². The van der Waals surface area contributed by atoms with Crippen LogP contribution in [0.2, 0.25) is 0 Å². The van der Waals surface area contributed by atoms with Crippen molar-refractivity contribution in [3.05, 3.63) is 25.3 Å². The van der Waals surface area contributed by atoms with Crippen molar-refractivity contribution < 1.29 is 33.0 Å². The summed E-state index contributed by atoms with van der Waals surface area (Å²) in [6.07, 6.45) is 20.7. The van der Waals surface area contributed by atoms with Crippen LogP contribution in [0.1, 0.15) is 80.1 Å². The van der Waals surface area contributed by atoms with Crippen molar-refractivity contribution in [2.24, 2.45) is 0 Å². The van der Waals surface area contributed by atoms with Gasteiger partial charge < -0.3 is 0 Å². The molecule has 0 aliphatic rings. The summed E-state index contributed by atoms with van der Waals surface area (Å²) in [6, 6.07) is 0. The molecule has 0 heterocycles. The fourth-order valence-electron chi connectivity index (χ4n) is 2.57. The van der Waals surface area contributed by atoms with Crippen molar-refractivity contribution in [1.29, 1.82) is 0 Å². The molecule has 0 nitrogen and oxygen atoms in total. The summed E-state index contributed by atoms with van der Waals surface area (Å²) in [5.41, 5.74) is 0. The Morgan fingerprint density at radius 1 is 0.500 bits per heavy atom. The summed E-state index contributed by atoms with van der Waals surface area (Å²) < 4.78 is 0. The van der Waals surface area contributed by atoms with Gasteiger partial charge in [-0.25, -0.2) is 0 Å². The first kappa shape index (κ1) is 43.0. The minimum absolute atomic E-state index is 0.439. The number of hydrogen-bond acceptors (Lipinski definition) is 0. The molecule has 0 spiro atoms. The topological polar surface area (TPSA) is 0 Å². The fourth-order valence-corrected chi connectivity index (χ4v) is 7.70. The molecular formula is C22H48Cl4P2Pt2. The van der Waals surface area contributed by atoms with Crippen LogP contribution in [-0.2, 0) is 33.0 Å². The summed E-state index contributed by atoms with van der Waals surface area (Å²) in [5.74, 6) is 0. The molecule has 0 fully saturated rings. The molecule has 0 radical (unpaired) electrons. The van der Waals surface area contributed by atoms with Crippen LogP contribution in [-0.4, -0.2) is 37.0 Å². The Balaban J connectivity index is -0.0000000970. The van der Waals surface area contributed by atoms with Gasteiger partial charge in [-0.05, 0) is 37.0 Å². The van der Waals surface area contributed by atoms with Crippen molar-refractivity contribution in [1.82, 2.24) is 0 Å². The summed E-state index contributed by atoms with van der Waals surface area (Å²) in [7, 11) is 20.4. The van der Waals surface area contributed by atoms with E-state index < -0.39 is 33.0 Å². The number of hydrogen-bond donors (Lipinski definition) is 0. The zero-order valence-electron chi connectivity index (χ0n) is 20.1. The molecule has 0 atom stereocenters. The van der Waals surface area contributed by atoms with E-state index in [9.17, 15) is 0 Å². The maximum atomic E-state index is 4.88. The summed E-state index contributed by atoms with van der Waals surface area (Å²) in [5, 5.41) is 0. The quantitative estimate of drug-likeness (QED) is 0.128. The van der Waals surface area contributed by atoms with Crippen LogP contribution < -0.4 is 0 Å². The molecule has 0 bridgehead atoms. The molecule has 0 unspecified atom stereocenters. The summed E-state index contributed by atoms with van der Waals surface area (Å²) >= 11 is -0.944. The molecule has 0 rings (SSSR count). The van der Waals surface area contributed by atoms with Gasteiger partial charge in [0.2, 0.25) is 0 Å². The van der Waals surface area contributed by atoms with Gasteiger partial charge in [0.15, 0.2) is 0 Å². The number of rotatable bonds is 13. The van der Waals surface area contributed by atoms with Gasteiger partial charge in [-0.2, -0.15) is 0 Å². The normalized spacial score (nSPS) is 9.33. The van der Waals surface area contributed by atoms with E-state index in [1.165, 1.54) is 75.5 Å². The Morgan fingerprint density at radius 2 is 0.633 bits per heavy atom. The molecule has 30 heavy (non-hydrogen) atoms. The Bertz CT molecular complexity index is 223. The molecule has 0 aliphatic carbocycles. The van der Waals surface area contributed by atoms with Crippen LogP contribution in [0.5, 0.6) is 0 Å². The molecule has 0 saturated carbocycles. The zero-order chi connectivity index (χ0) is 24.5. The van der Waals surface area contributed by atoms with Crippen molar-refractivity contribution >= 4 is 53.5 Å². The second kappa shape index (κ2) is 49.1. The van der Waals surface area contributed by atoms with Gasteiger partial charge in [-0.1, -0.05) is 105 Å². The molecular weight excluding hydrogens is 858 g/mol. The van der Waals surface area contributed by atoms with E-state index in [0.717, 1.165) is 0 Å². The minimum atomic E-state index is -0.472. The molecule has 0 N–H and O–H groups in total. The Hall–Kier alpha value is 2.88. The van der Waals surface area contributed by atoms with Crippen LogP contribution in [0.15, 0.2) is 25.3 Å². The predicted octanol–water partition coefficient (Wildman–Crippen LogP) is 11.5. The SMILES string of the molecule is C=CC=C.CCCP(CCC)CCC.CCCP(CCC)CCC.[Cl][Pt][Cl].[Cl][Pt][Cl]. The Morgan fingerprint density at radius 3 is 0.700 bits per heavy atom. The fraction of sp³-hybridized carbons (Fsp3) is 0.818. The molecule has 0 saturated heterocycles.